The van der Waals surface area contributed by atoms with E-state index >= 15 is 0 Å². The number of rotatable bonds is 5. The minimum absolute atomic E-state index is 0.694. The molecule has 2 aliphatic rings. The molecular formula is C15H30N2. The van der Waals surface area contributed by atoms with Crippen molar-refractivity contribution < 1.29 is 0 Å². The van der Waals surface area contributed by atoms with Crippen LogP contribution in [0.3, 0.4) is 0 Å². The summed E-state index contributed by atoms with van der Waals surface area (Å²) in [5, 5.41) is 3.61. The van der Waals surface area contributed by atoms with Crippen LogP contribution in [0.5, 0.6) is 0 Å². The lowest BCUT2D eigenvalue weighted by molar-refractivity contribution is 0.0246. The molecule has 1 aliphatic heterocycles. The fourth-order valence-electron chi connectivity index (χ4n) is 3.66. The second-order valence-electron chi connectivity index (χ2n) is 6.31. The van der Waals surface area contributed by atoms with E-state index in [1.54, 1.807) is 0 Å². The van der Waals surface area contributed by atoms with Gasteiger partial charge in [-0.05, 0) is 57.5 Å². The lowest BCUT2D eigenvalue weighted by atomic mass is 9.66. The molecule has 0 spiro atoms. The fraction of sp³-hybridized carbons (Fsp3) is 1.00. The van der Waals surface area contributed by atoms with Crippen molar-refractivity contribution in [3.8, 4) is 0 Å². The average molecular weight is 238 g/mol. The van der Waals surface area contributed by atoms with Gasteiger partial charge in [0, 0.05) is 18.6 Å². The molecule has 2 unspecified atom stereocenters. The minimum atomic E-state index is 0.694. The molecule has 2 nitrogen and oxygen atoms in total. The number of nitrogens with one attached hydrogen (secondary N) is 1. The maximum atomic E-state index is 3.61. The third kappa shape index (κ3) is 3.03. The minimum Gasteiger partial charge on any atom is -0.314 e. The second kappa shape index (κ2) is 5.71. The summed E-state index contributed by atoms with van der Waals surface area (Å²) in [7, 11) is 0. The lowest BCUT2D eigenvalue weighted by Gasteiger charge is -2.48. The van der Waals surface area contributed by atoms with Crippen molar-refractivity contribution in [1.29, 1.82) is 0 Å². The van der Waals surface area contributed by atoms with Gasteiger partial charge in [-0.15, -0.1) is 0 Å². The van der Waals surface area contributed by atoms with Gasteiger partial charge < -0.3 is 5.32 Å². The summed E-state index contributed by atoms with van der Waals surface area (Å²) in [4.78, 5) is 2.76. The lowest BCUT2D eigenvalue weighted by Crippen LogP contribution is -2.52. The van der Waals surface area contributed by atoms with Crippen molar-refractivity contribution in [1.82, 2.24) is 10.2 Å². The van der Waals surface area contributed by atoms with E-state index in [9.17, 15) is 0 Å². The molecule has 0 aromatic rings. The first-order valence-corrected chi connectivity index (χ1v) is 7.66. The zero-order valence-corrected chi connectivity index (χ0v) is 12.0. The van der Waals surface area contributed by atoms with Gasteiger partial charge in [0.05, 0.1) is 0 Å². The summed E-state index contributed by atoms with van der Waals surface area (Å²) in [6, 6.07) is 1.54. The summed E-state index contributed by atoms with van der Waals surface area (Å²) in [6.07, 6.45) is 8.49. The molecule has 0 radical (unpaired) electrons. The predicted molar refractivity (Wildman–Crippen MR) is 74.3 cm³/mol. The van der Waals surface area contributed by atoms with E-state index in [-0.39, 0.29) is 0 Å². The molecule has 2 fully saturated rings. The third-order valence-corrected chi connectivity index (χ3v) is 5.21. The fourth-order valence-corrected chi connectivity index (χ4v) is 3.66. The van der Waals surface area contributed by atoms with E-state index in [4.69, 9.17) is 0 Å². The van der Waals surface area contributed by atoms with Crippen molar-refractivity contribution in [2.24, 2.45) is 5.41 Å². The van der Waals surface area contributed by atoms with Crippen LogP contribution in [0.2, 0.25) is 0 Å². The van der Waals surface area contributed by atoms with Gasteiger partial charge in [-0.3, -0.25) is 4.90 Å². The highest BCUT2D eigenvalue weighted by Crippen LogP contribution is 2.45. The number of hydrogen-bond acceptors (Lipinski definition) is 2. The standard InChI is InChI=1S/C15H30N2/c1-4-15(8-6-9-15)12-17-10-7-14(16-5-2)11-13(17)3/h13-14,16H,4-12H2,1-3H3. The Morgan fingerprint density at radius 2 is 2.06 bits per heavy atom. The van der Waals surface area contributed by atoms with Gasteiger partial charge in [-0.2, -0.15) is 0 Å². The van der Waals surface area contributed by atoms with Crippen LogP contribution in [-0.4, -0.2) is 36.6 Å². The maximum absolute atomic E-state index is 3.61. The molecule has 0 aromatic carbocycles. The summed E-state index contributed by atoms with van der Waals surface area (Å²) < 4.78 is 0. The summed E-state index contributed by atoms with van der Waals surface area (Å²) >= 11 is 0. The average Bonchev–Trinajstić information content (AvgIpc) is 2.26. The Balaban J connectivity index is 1.82. The van der Waals surface area contributed by atoms with E-state index in [0.29, 0.717) is 5.41 Å². The van der Waals surface area contributed by atoms with Gasteiger partial charge in [-0.1, -0.05) is 20.3 Å². The predicted octanol–water partition coefficient (Wildman–Crippen LogP) is 3.03. The largest absolute Gasteiger partial charge is 0.314 e. The highest BCUT2D eigenvalue weighted by atomic mass is 15.2. The van der Waals surface area contributed by atoms with E-state index in [1.807, 2.05) is 0 Å². The van der Waals surface area contributed by atoms with Crippen molar-refractivity contribution in [3.05, 3.63) is 0 Å². The molecule has 17 heavy (non-hydrogen) atoms. The van der Waals surface area contributed by atoms with Crippen molar-refractivity contribution in [2.45, 2.75) is 71.4 Å². The molecule has 1 saturated carbocycles. The van der Waals surface area contributed by atoms with Crippen molar-refractivity contribution >= 4 is 0 Å². The first-order chi connectivity index (χ1) is 8.19. The molecule has 1 heterocycles. The molecule has 1 saturated heterocycles. The zero-order valence-electron chi connectivity index (χ0n) is 12.0. The molecule has 1 aliphatic carbocycles. The van der Waals surface area contributed by atoms with E-state index in [1.165, 1.54) is 51.6 Å². The quantitative estimate of drug-likeness (QED) is 0.792. The van der Waals surface area contributed by atoms with Crippen LogP contribution < -0.4 is 5.32 Å². The highest BCUT2D eigenvalue weighted by Gasteiger charge is 2.38. The molecule has 100 valence electrons. The van der Waals surface area contributed by atoms with Crippen LogP contribution in [0.1, 0.15) is 59.3 Å². The zero-order chi connectivity index (χ0) is 12.3. The van der Waals surface area contributed by atoms with Gasteiger partial charge in [0.2, 0.25) is 0 Å². The van der Waals surface area contributed by atoms with Gasteiger partial charge in [-0.25, -0.2) is 0 Å². The molecule has 0 bridgehead atoms. The van der Waals surface area contributed by atoms with Crippen molar-refractivity contribution in [2.75, 3.05) is 19.6 Å². The SMILES string of the molecule is CCNC1CCN(CC2(CC)CCC2)C(C)C1. The summed E-state index contributed by atoms with van der Waals surface area (Å²) in [6.45, 7) is 10.8. The number of likely N-dealkylation sites (tertiary alicyclic amines) is 1. The van der Waals surface area contributed by atoms with Crippen LogP contribution in [0.25, 0.3) is 0 Å². The van der Waals surface area contributed by atoms with Crippen molar-refractivity contribution in [3.63, 3.8) is 0 Å². The Labute approximate surface area is 107 Å². The monoisotopic (exact) mass is 238 g/mol. The number of nitrogens with zero attached hydrogens (tertiary/aromatic N) is 1. The number of piperidine rings is 1. The van der Waals surface area contributed by atoms with E-state index < -0.39 is 0 Å². The third-order valence-electron chi connectivity index (χ3n) is 5.21. The van der Waals surface area contributed by atoms with Crippen LogP contribution in [0.15, 0.2) is 0 Å². The topological polar surface area (TPSA) is 15.3 Å². The molecule has 2 heteroatoms. The van der Waals surface area contributed by atoms with E-state index in [0.717, 1.165) is 18.6 Å². The maximum Gasteiger partial charge on any atom is 0.00939 e. The first-order valence-electron chi connectivity index (χ1n) is 7.66. The van der Waals surface area contributed by atoms with Gasteiger partial charge >= 0.3 is 0 Å². The van der Waals surface area contributed by atoms with Crippen LogP contribution in [-0.2, 0) is 0 Å². The smallest absolute Gasteiger partial charge is 0.00939 e. The van der Waals surface area contributed by atoms with E-state index in [2.05, 4.69) is 31.0 Å². The Hall–Kier alpha value is -0.0800. The highest BCUT2D eigenvalue weighted by molar-refractivity contribution is 4.92. The van der Waals surface area contributed by atoms with Crippen LogP contribution >= 0.6 is 0 Å². The van der Waals surface area contributed by atoms with Gasteiger partial charge in [0.1, 0.15) is 0 Å². The van der Waals surface area contributed by atoms with Crippen LogP contribution in [0.4, 0.5) is 0 Å². The second-order valence-corrected chi connectivity index (χ2v) is 6.31. The molecule has 0 amide bonds. The summed E-state index contributed by atoms with van der Waals surface area (Å²) in [5.74, 6) is 0. The molecule has 2 atom stereocenters. The molecular weight excluding hydrogens is 208 g/mol. The van der Waals surface area contributed by atoms with Gasteiger partial charge in [0.25, 0.3) is 0 Å². The number of hydrogen-bond donors (Lipinski definition) is 1. The Kier molecular flexibility index (Phi) is 4.48. The summed E-state index contributed by atoms with van der Waals surface area (Å²) in [5.41, 5.74) is 0.694. The van der Waals surface area contributed by atoms with Gasteiger partial charge in [0.15, 0.2) is 0 Å². The molecule has 2 rings (SSSR count). The molecule has 1 N–H and O–H groups in total. The normalized spacial score (nSPS) is 33.4. The molecule has 0 aromatic heterocycles. The first kappa shape index (κ1) is 13.4. The Bertz CT molecular complexity index is 230. The Morgan fingerprint density at radius 3 is 2.53 bits per heavy atom. The van der Waals surface area contributed by atoms with Crippen LogP contribution in [0, 0.1) is 5.41 Å². The Morgan fingerprint density at radius 1 is 1.29 bits per heavy atom.